The monoisotopic (exact) mass is 441 g/mol. The van der Waals surface area contributed by atoms with Crippen LogP contribution in [0.2, 0.25) is 0 Å². The number of cyclic esters (lactones) is 1. The van der Waals surface area contributed by atoms with Gasteiger partial charge in [0.2, 0.25) is 5.91 Å². The number of esters is 1. The molecule has 2 heterocycles. The maximum atomic E-state index is 12.9. The fourth-order valence-electron chi connectivity index (χ4n) is 3.71. The fraction of sp³-hybridized carbons (Fsp3) is 0.480. The maximum Gasteiger partial charge on any atom is 0.342 e. The van der Waals surface area contributed by atoms with Crippen LogP contribution in [0.4, 0.5) is 0 Å². The van der Waals surface area contributed by atoms with Crippen LogP contribution < -0.4 is 4.74 Å². The van der Waals surface area contributed by atoms with Crippen molar-refractivity contribution in [2.75, 3.05) is 19.7 Å². The van der Waals surface area contributed by atoms with E-state index in [4.69, 9.17) is 9.47 Å². The van der Waals surface area contributed by atoms with E-state index < -0.39 is 12.1 Å². The summed E-state index contributed by atoms with van der Waals surface area (Å²) in [7, 11) is 0. The topological polar surface area (TPSA) is 93.1 Å². The van der Waals surface area contributed by atoms with Gasteiger partial charge in [0.15, 0.2) is 5.78 Å². The Morgan fingerprint density at radius 2 is 1.94 bits per heavy atom. The molecule has 32 heavy (non-hydrogen) atoms. The largest absolute Gasteiger partial charge is 0.507 e. The molecule has 0 aromatic heterocycles. The van der Waals surface area contributed by atoms with E-state index in [1.165, 1.54) is 6.07 Å². The molecule has 1 saturated heterocycles. The highest BCUT2D eigenvalue weighted by molar-refractivity contribution is 5.97. The molecule has 172 valence electrons. The van der Waals surface area contributed by atoms with Crippen LogP contribution >= 0.6 is 0 Å². The highest BCUT2D eigenvalue weighted by Gasteiger charge is 2.23. The highest BCUT2D eigenvalue weighted by atomic mass is 16.5. The van der Waals surface area contributed by atoms with Gasteiger partial charge in [0.25, 0.3) is 0 Å². The van der Waals surface area contributed by atoms with Crippen LogP contribution in [0.5, 0.6) is 11.5 Å². The Morgan fingerprint density at radius 1 is 1.12 bits per heavy atom. The lowest BCUT2D eigenvalue weighted by Crippen LogP contribution is -2.29. The van der Waals surface area contributed by atoms with Crippen molar-refractivity contribution in [3.8, 4) is 11.5 Å². The number of allylic oxidation sites excluding steroid dienone is 2. The van der Waals surface area contributed by atoms with Crippen LogP contribution in [0.1, 0.15) is 61.9 Å². The van der Waals surface area contributed by atoms with E-state index in [1.807, 2.05) is 13.0 Å². The summed E-state index contributed by atoms with van der Waals surface area (Å²) >= 11 is 0. The van der Waals surface area contributed by atoms with Gasteiger partial charge in [-0.25, -0.2) is 4.79 Å². The number of likely N-dealkylation sites (tertiary alicyclic amines) is 1. The molecule has 0 unspecified atom stereocenters. The average molecular weight is 442 g/mol. The molecule has 7 heteroatoms. The van der Waals surface area contributed by atoms with E-state index in [-0.39, 0.29) is 28.9 Å². The van der Waals surface area contributed by atoms with Gasteiger partial charge in [-0.15, -0.1) is 0 Å². The molecule has 1 fully saturated rings. The summed E-state index contributed by atoms with van der Waals surface area (Å²) in [6, 6.07) is 3.08. The number of aromatic hydroxyl groups is 1. The van der Waals surface area contributed by atoms with Crippen molar-refractivity contribution in [2.45, 2.75) is 52.1 Å². The molecule has 3 rings (SSSR count). The van der Waals surface area contributed by atoms with E-state index in [1.54, 1.807) is 36.1 Å². The van der Waals surface area contributed by atoms with Gasteiger partial charge in [-0.1, -0.05) is 25.2 Å². The normalized spacial score (nSPS) is 24.4. The number of ketones is 1. The summed E-state index contributed by atoms with van der Waals surface area (Å²) in [4.78, 5) is 38.3. The molecular weight excluding hydrogens is 410 g/mol. The van der Waals surface area contributed by atoms with Gasteiger partial charge in [-0.2, -0.15) is 0 Å². The second-order valence-corrected chi connectivity index (χ2v) is 8.33. The molecule has 2 aliphatic rings. The van der Waals surface area contributed by atoms with Gasteiger partial charge in [0.1, 0.15) is 29.8 Å². The molecule has 1 N–H and O–H groups in total. The molecule has 2 atom stereocenters. The summed E-state index contributed by atoms with van der Waals surface area (Å²) in [6.45, 7) is 5.14. The predicted molar refractivity (Wildman–Crippen MR) is 120 cm³/mol. The quantitative estimate of drug-likeness (QED) is 0.713. The number of rotatable bonds is 4. The molecule has 0 saturated carbocycles. The average Bonchev–Trinajstić information content (AvgIpc) is 3.15. The van der Waals surface area contributed by atoms with Crippen molar-refractivity contribution in [3.63, 3.8) is 0 Å². The van der Waals surface area contributed by atoms with E-state index in [0.717, 1.165) is 13.0 Å². The first kappa shape index (κ1) is 23.6. The Morgan fingerprint density at radius 3 is 2.69 bits per heavy atom. The number of fused-ring (bicyclic) bond motifs is 1. The van der Waals surface area contributed by atoms with Crippen molar-refractivity contribution in [3.05, 3.63) is 41.5 Å². The molecule has 0 aliphatic carbocycles. The van der Waals surface area contributed by atoms with Crippen LogP contribution in [0, 0.1) is 5.92 Å². The van der Waals surface area contributed by atoms with E-state index >= 15 is 0 Å². The standard InChI is InChI=1S/C25H31NO6/c1-17-10-11-20(27)8-5-3-4-7-19-15-21(31-14-13-26-12-6-9-23(26)29)16-22(28)24(19)25(30)32-18(17)2/h4,7,10-11,15-18,28H,3,5-6,8-9,12-14H2,1-2H3/b7-4+,11-10-/t17-,18+/m1/s1. The van der Waals surface area contributed by atoms with Crippen molar-refractivity contribution < 1.29 is 29.0 Å². The van der Waals surface area contributed by atoms with Crippen LogP contribution in [-0.2, 0) is 14.3 Å². The summed E-state index contributed by atoms with van der Waals surface area (Å²) in [5, 5.41) is 10.6. The summed E-state index contributed by atoms with van der Waals surface area (Å²) in [6.07, 6.45) is 9.67. The number of phenols is 1. The minimum absolute atomic E-state index is 0.0473. The molecule has 0 bridgehead atoms. The number of benzene rings is 1. The molecule has 2 aliphatic heterocycles. The summed E-state index contributed by atoms with van der Waals surface area (Å²) in [5.74, 6) is -0.419. The zero-order valence-electron chi connectivity index (χ0n) is 18.7. The second kappa shape index (κ2) is 11.0. The van der Waals surface area contributed by atoms with Crippen molar-refractivity contribution in [1.82, 2.24) is 4.90 Å². The Labute approximate surface area is 188 Å². The lowest BCUT2D eigenvalue weighted by atomic mass is 10.0. The van der Waals surface area contributed by atoms with E-state index in [2.05, 4.69) is 0 Å². The lowest BCUT2D eigenvalue weighted by Gasteiger charge is -2.20. The Kier molecular flexibility index (Phi) is 8.09. The van der Waals surface area contributed by atoms with Crippen molar-refractivity contribution in [1.29, 1.82) is 0 Å². The van der Waals surface area contributed by atoms with Crippen molar-refractivity contribution in [2.24, 2.45) is 5.92 Å². The van der Waals surface area contributed by atoms with Crippen LogP contribution in [-0.4, -0.2) is 53.5 Å². The lowest BCUT2D eigenvalue weighted by molar-refractivity contribution is -0.128. The third kappa shape index (κ3) is 6.22. The van der Waals surface area contributed by atoms with E-state index in [9.17, 15) is 19.5 Å². The number of amides is 1. The predicted octanol–water partition coefficient (Wildman–Crippen LogP) is 3.90. The minimum atomic E-state index is -0.632. The Bertz CT molecular complexity index is 919. The van der Waals surface area contributed by atoms with Gasteiger partial charge in [0.05, 0.1) is 6.54 Å². The first-order valence-corrected chi connectivity index (χ1v) is 11.2. The van der Waals surface area contributed by atoms with Gasteiger partial charge < -0.3 is 19.5 Å². The molecule has 7 nitrogen and oxygen atoms in total. The number of nitrogens with zero attached hydrogens (tertiary/aromatic N) is 1. The Hall–Kier alpha value is -3.09. The van der Waals surface area contributed by atoms with Gasteiger partial charge in [0, 0.05) is 31.4 Å². The molecule has 1 aromatic rings. The summed E-state index contributed by atoms with van der Waals surface area (Å²) < 4.78 is 11.3. The molecule has 1 amide bonds. The number of carbonyl (C=O) groups is 3. The first-order chi connectivity index (χ1) is 15.3. The van der Waals surface area contributed by atoms with Crippen LogP contribution in [0.15, 0.2) is 30.4 Å². The third-order valence-corrected chi connectivity index (χ3v) is 5.84. The van der Waals surface area contributed by atoms with E-state index in [0.29, 0.717) is 50.1 Å². The number of hydrogen-bond acceptors (Lipinski definition) is 6. The van der Waals surface area contributed by atoms with Gasteiger partial charge in [-0.05, 0) is 43.9 Å². The SMILES string of the molecule is C[C@@H]1/C=C\C(=O)CCC/C=C/c2cc(OCCN3CCCC3=O)cc(O)c2C(=O)O[C@H]1C. The number of carbonyl (C=O) groups excluding carboxylic acids is 3. The van der Waals surface area contributed by atoms with Gasteiger partial charge >= 0.3 is 5.97 Å². The second-order valence-electron chi connectivity index (χ2n) is 8.33. The number of ether oxygens (including phenoxy) is 2. The van der Waals surface area contributed by atoms with Crippen LogP contribution in [0.3, 0.4) is 0 Å². The van der Waals surface area contributed by atoms with Gasteiger partial charge in [-0.3, -0.25) is 9.59 Å². The zero-order chi connectivity index (χ0) is 23.1. The summed E-state index contributed by atoms with van der Waals surface area (Å²) in [5.41, 5.74) is 0.570. The third-order valence-electron chi connectivity index (χ3n) is 5.84. The number of hydrogen-bond donors (Lipinski definition) is 1. The maximum absolute atomic E-state index is 12.9. The smallest absolute Gasteiger partial charge is 0.342 e. The number of phenolic OH excluding ortho intramolecular Hbond substituents is 1. The molecular formula is C25H31NO6. The van der Waals surface area contributed by atoms with Crippen LogP contribution in [0.25, 0.3) is 6.08 Å². The first-order valence-electron chi connectivity index (χ1n) is 11.2. The molecule has 0 radical (unpaired) electrons. The highest BCUT2D eigenvalue weighted by Crippen LogP contribution is 2.31. The van der Waals surface area contributed by atoms with Crippen molar-refractivity contribution >= 4 is 23.7 Å². The zero-order valence-corrected chi connectivity index (χ0v) is 18.7. The molecule has 1 aromatic carbocycles. The fourth-order valence-corrected chi connectivity index (χ4v) is 3.71. The Balaban J connectivity index is 1.80. The minimum Gasteiger partial charge on any atom is -0.507 e. The molecule has 0 spiro atoms.